The van der Waals surface area contributed by atoms with E-state index in [2.05, 4.69) is 27.4 Å². The molecule has 0 saturated carbocycles. The molecule has 0 fully saturated rings. The predicted octanol–water partition coefficient (Wildman–Crippen LogP) is 2.97. The Morgan fingerprint density at radius 1 is 1.08 bits per heavy atom. The number of hydrogen-bond acceptors (Lipinski definition) is 4. The Morgan fingerprint density at radius 2 is 1.85 bits per heavy atom. The van der Waals surface area contributed by atoms with Crippen LogP contribution in [0.25, 0.3) is 0 Å². The molecule has 6 nitrogen and oxygen atoms in total. The Balaban J connectivity index is 1.56. The molecular weight excluding hydrogens is 326 g/mol. The molecule has 1 aromatic carbocycles. The third kappa shape index (κ3) is 4.75. The number of rotatable bonds is 8. The maximum atomic E-state index is 12.7. The number of carbonyl (C=O) groups is 1. The van der Waals surface area contributed by atoms with E-state index in [0.717, 1.165) is 24.9 Å². The van der Waals surface area contributed by atoms with E-state index < -0.39 is 0 Å². The molecule has 0 aliphatic rings. The molecule has 0 aliphatic heterocycles. The third-order valence-corrected chi connectivity index (χ3v) is 4.24. The summed E-state index contributed by atoms with van der Waals surface area (Å²) in [6.07, 6.45) is 7.14. The summed E-state index contributed by atoms with van der Waals surface area (Å²) in [5, 5.41) is 8.16. The SMILES string of the molecule is CCN(Cc1ccncc1)C(=O)c1cn(CCCc2ccccc2)nn1. The summed E-state index contributed by atoms with van der Waals surface area (Å²) in [6.45, 7) is 3.86. The summed E-state index contributed by atoms with van der Waals surface area (Å²) >= 11 is 0. The highest BCUT2D eigenvalue weighted by Gasteiger charge is 2.18. The summed E-state index contributed by atoms with van der Waals surface area (Å²) in [5.41, 5.74) is 2.74. The Kier molecular flexibility index (Phi) is 6.09. The summed E-state index contributed by atoms with van der Waals surface area (Å²) in [7, 11) is 0. The van der Waals surface area contributed by atoms with E-state index in [1.165, 1.54) is 5.56 Å². The summed E-state index contributed by atoms with van der Waals surface area (Å²) in [5.74, 6) is -0.0985. The van der Waals surface area contributed by atoms with Gasteiger partial charge in [-0.2, -0.15) is 0 Å². The van der Waals surface area contributed by atoms with Crippen LogP contribution >= 0.6 is 0 Å². The average Bonchev–Trinajstić information content (AvgIpc) is 3.16. The number of amides is 1. The zero-order valence-electron chi connectivity index (χ0n) is 15.0. The molecular formula is C20H23N5O. The first-order chi connectivity index (χ1) is 12.8. The van der Waals surface area contributed by atoms with Crippen molar-refractivity contribution in [2.24, 2.45) is 0 Å². The van der Waals surface area contributed by atoms with Crippen LogP contribution in [0.2, 0.25) is 0 Å². The Labute approximate surface area is 153 Å². The van der Waals surface area contributed by atoms with Crippen LogP contribution in [0.15, 0.2) is 61.1 Å². The van der Waals surface area contributed by atoms with Crippen molar-refractivity contribution < 1.29 is 4.79 Å². The molecule has 3 rings (SSSR count). The van der Waals surface area contributed by atoms with Crippen LogP contribution in [0, 0.1) is 0 Å². The van der Waals surface area contributed by atoms with Crippen molar-refractivity contribution in [3.05, 3.63) is 77.9 Å². The fourth-order valence-corrected chi connectivity index (χ4v) is 2.79. The van der Waals surface area contributed by atoms with Gasteiger partial charge in [0.05, 0.1) is 6.20 Å². The van der Waals surface area contributed by atoms with E-state index in [9.17, 15) is 4.79 Å². The van der Waals surface area contributed by atoms with E-state index in [1.54, 1.807) is 28.2 Å². The molecule has 1 amide bonds. The van der Waals surface area contributed by atoms with Crippen molar-refractivity contribution in [2.45, 2.75) is 32.9 Å². The van der Waals surface area contributed by atoms with Crippen LogP contribution in [-0.4, -0.2) is 37.3 Å². The normalized spacial score (nSPS) is 10.7. The zero-order chi connectivity index (χ0) is 18.2. The van der Waals surface area contributed by atoms with Crippen LogP contribution in [0.3, 0.4) is 0 Å². The smallest absolute Gasteiger partial charge is 0.276 e. The first-order valence-corrected chi connectivity index (χ1v) is 8.88. The highest BCUT2D eigenvalue weighted by molar-refractivity contribution is 5.91. The van der Waals surface area contributed by atoms with Gasteiger partial charge in [-0.05, 0) is 43.0 Å². The maximum absolute atomic E-state index is 12.7. The van der Waals surface area contributed by atoms with Gasteiger partial charge in [0.2, 0.25) is 0 Å². The minimum Gasteiger partial charge on any atom is -0.333 e. The highest BCUT2D eigenvalue weighted by atomic mass is 16.2. The van der Waals surface area contributed by atoms with Gasteiger partial charge in [-0.3, -0.25) is 14.5 Å². The van der Waals surface area contributed by atoms with E-state index in [0.29, 0.717) is 18.8 Å². The summed E-state index contributed by atoms with van der Waals surface area (Å²) in [4.78, 5) is 18.4. The molecule has 26 heavy (non-hydrogen) atoms. The van der Waals surface area contributed by atoms with E-state index in [4.69, 9.17) is 0 Å². The van der Waals surface area contributed by atoms with Gasteiger partial charge in [-0.15, -0.1) is 5.10 Å². The fourth-order valence-electron chi connectivity index (χ4n) is 2.79. The lowest BCUT2D eigenvalue weighted by atomic mass is 10.1. The minimum atomic E-state index is -0.0985. The van der Waals surface area contributed by atoms with Gasteiger partial charge in [0, 0.05) is 32.0 Å². The number of nitrogens with zero attached hydrogens (tertiary/aromatic N) is 5. The molecule has 0 saturated heterocycles. The maximum Gasteiger partial charge on any atom is 0.276 e. The van der Waals surface area contributed by atoms with Crippen molar-refractivity contribution in [3.63, 3.8) is 0 Å². The Bertz CT molecular complexity index is 816. The van der Waals surface area contributed by atoms with Crippen LogP contribution in [0.1, 0.15) is 35.0 Å². The van der Waals surface area contributed by atoms with Gasteiger partial charge in [0.15, 0.2) is 5.69 Å². The second kappa shape index (κ2) is 8.89. The van der Waals surface area contributed by atoms with Crippen LogP contribution < -0.4 is 0 Å². The zero-order valence-corrected chi connectivity index (χ0v) is 15.0. The molecule has 0 radical (unpaired) electrons. The van der Waals surface area contributed by atoms with Gasteiger partial charge in [0.1, 0.15) is 0 Å². The molecule has 0 aliphatic carbocycles. The molecule has 134 valence electrons. The van der Waals surface area contributed by atoms with Crippen molar-refractivity contribution in [3.8, 4) is 0 Å². The average molecular weight is 349 g/mol. The number of hydrogen-bond donors (Lipinski definition) is 0. The van der Waals surface area contributed by atoms with E-state index in [1.807, 2.05) is 37.3 Å². The van der Waals surface area contributed by atoms with Gasteiger partial charge in [0.25, 0.3) is 5.91 Å². The quantitative estimate of drug-likeness (QED) is 0.627. The molecule has 0 spiro atoms. The summed E-state index contributed by atoms with van der Waals surface area (Å²) in [6, 6.07) is 14.2. The van der Waals surface area contributed by atoms with Crippen molar-refractivity contribution >= 4 is 5.91 Å². The van der Waals surface area contributed by atoms with Crippen molar-refractivity contribution in [2.75, 3.05) is 6.54 Å². The second-order valence-corrected chi connectivity index (χ2v) is 6.13. The Morgan fingerprint density at radius 3 is 2.58 bits per heavy atom. The number of carbonyl (C=O) groups excluding carboxylic acids is 1. The Hall–Kier alpha value is -3.02. The topological polar surface area (TPSA) is 63.9 Å². The molecule has 0 N–H and O–H groups in total. The third-order valence-electron chi connectivity index (χ3n) is 4.24. The first-order valence-electron chi connectivity index (χ1n) is 8.88. The minimum absolute atomic E-state index is 0.0985. The first kappa shape index (κ1) is 17.8. The number of aromatic nitrogens is 4. The number of pyridine rings is 1. The molecule has 6 heteroatoms. The van der Waals surface area contributed by atoms with Gasteiger partial charge >= 0.3 is 0 Å². The van der Waals surface area contributed by atoms with Crippen LogP contribution in [0.5, 0.6) is 0 Å². The lowest BCUT2D eigenvalue weighted by Gasteiger charge is -2.19. The predicted molar refractivity (Wildman–Crippen MR) is 99.4 cm³/mol. The van der Waals surface area contributed by atoms with Gasteiger partial charge < -0.3 is 4.90 Å². The second-order valence-electron chi connectivity index (χ2n) is 6.13. The largest absolute Gasteiger partial charge is 0.333 e. The lowest BCUT2D eigenvalue weighted by Crippen LogP contribution is -2.30. The lowest BCUT2D eigenvalue weighted by molar-refractivity contribution is 0.0746. The molecule has 0 unspecified atom stereocenters. The molecule has 2 aromatic heterocycles. The van der Waals surface area contributed by atoms with Gasteiger partial charge in [-0.1, -0.05) is 35.5 Å². The standard InChI is InChI=1S/C20H23N5O/c1-2-24(15-18-10-12-21-13-11-18)20(26)19-16-25(23-22-19)14-6-9-17-7-4-3-5-8-17/h3-5,7-8,10-13,16H,2,6,9,14-15H2,1H3. The van der Waals surface area contributed by atoms with E-state index in [-0.39, 0.29) is 5.91 Å². The van der Waals surface area contributed by atoms with Crippen LogP contribution in [-0.2, 0) is 19.5 Å². The van der Waals surface area contributed by atoms with Gasteiger partial charge in [-0.25, -0.2) is 0 Å². The highest BCUT2D eigenvalue weighted by Crippen LogP contribution is 2.08. The monoisotopic (exact) mass is 349 g/mol. The molecule has 0 bridgehead atoms. The fraction of sp³-hybridized carbons (Fsp3) is 0.300. The van der Waals surface area contributed by atoms with Crippen molar-refractivity contribution in [1.29, 1.82) is 0 Å². The molecule has 0 atom stereocenters. The van der Waals surface area contributed by atoms with E-state index >= 15 is 0 Å². The van der Waals surface area contributed by atoms with Crippen LogP contribution in [0.4, 0.5) is 0 Å². The molecule has 2 heterocycles. The number of aryl methyl sites for hydroxylation is 2. The molecule has 3 aromatic rings. The summed E-state index contributed by atoms with van der Waals surface area (Å²) < 4.78 is 1.75. The van der Waals surface area contributed by atoms with Crippen molar-refractivity contribution in [1.82, 2.24) is 24.9 Å². The number of benzene rings is 1.